The molecule has 20 heavy (non-hydrogen) atoms. The molecule has 0 aliphatic carbocycles. The molecular formula is C16H28N2O2. The standard InChI is InChI=1S/C16H28N2O2/c1-5-8-16(19,12-20-4)9-10-17-14-6-7-15(13(2)3)18-11-14/h6-7,11,13,17,19H,5,8-10,12H2,1-4H3. The molecule has 1 rings (SSSR count). The van der Waals surface area contributed by atoms with Crippen molar-refractivity contribution in [1.29, 1.82) is 0 Å². The Hall–Kier alpha value is -1.13. The van der Waals surface area contributed by atoms with Crippen LogP contribution in [0.3, 0.4) is 0 Å². The Balaban J connectivity index is 2.46. The maximum atomic E-state index is 10.4. The van der Waals surface area contributed by atoms with Crippen molar-refractivity contribution in [1.82, 2.24) is 4.98 Å². The van der Waals surface area contributed by atoms with E-state index in [1.54, 1.807) is 7.11 Å². The second kappa shape index (κ2) is 8.22. The van der Waals surface area contributed by atoms with Crippen LogP contribution in [-0.2, 0) is 4.74 Å². The molecule has 0 bridgehead atoms. The SMILES string of the molecule is CCCC(O)(CCNc1ccc(C(C)C)nc1)COC. The largest absolute Gasteiger partial charge is 0.387 e. The van der Waals surface area contributed by atoms with Crippen molar-refractivity contribution in [2.45, 2.75) is 51.6 Å². The molecule has 0 radical (unpaired) electrons. The molecular weight excluding hydrogens is 252 g/mol. The van der Waals surface area contributed by atoms with Crippen LogP contribution in [0, 0.1) is 0 Å². The van der Waals surface area contributed by atoms with Crippen molar-refractivity contribution in [2.24, 2.45) is 0 Å². The molecule has 4 nitrogen and oxygen atoms in total. The molecule has 114 valence electrons. The average molecular weight is 280 g/mol. The van der Waals surface area contributed by atoms with E-state index in [1.165, 1.54) is 0 Å². The third-order valence-electron chi connectivity index (χ3n) is 3.43. The van der Waals surface area contributed by atoms with Crippen LogP contribution in [0.4, 0.5) is 5.69 Å². The van der Waals surface area contributed by atoms with Gasteiger partial charge in [-0.3, -0.25) is 4.98 Å². The van der Waals surface area contributed by atoms with Crippen molar-refractivity contribution in [3.05, 3.63) is 24.0 Å². The Morgan fingerprint density at radius 3 is 2.60 bits per heavy atom. The Labute approximate surface area is 122 Å². The van der Waals surface area contributed by atoms with Crippen LogP contribution in [0.15, 0.2) is 18.3 Å². The van der Waals surface area contributed by atoms with E-state index in [0.717, 1.165) is 24.2 Å². The summed E-state index contributed by atoms with van der Waals surface area (Å²) >= 11 is 0. The van der Waals surface area contributed by atoms with Gasteiger partial charge in [0.25, 0.3) is 0 Å². The molecule has 0 aliphatic heterocycles. The van der Waals surface area contributed by atoms with Gasteiger partial charge in [0.1, 0.15) is 0 Å². The molecule has 2 N–H and O–H groups in total. The van der Waals surface area contributed by atoms with Crippen molar-refractivity contribution < 1.29 is 9.84 Å². The molecule has 1 aromatic heterocycles. The van der Waals surface area contributed by atoms with Gasteiger partial charge in [0.15, 0.2) is 0 Å². The zero-order valence-electron chi connectivity index (χ0n) is 13.1. The maximum Gasteiger partial charge on any atom is 0.0896 e. The molecule has 0 amide bonds. The molecule has 0 spiro atoms. The minimum absolute atomic E-state index is 0.382. The molecule has 0 aliphatic rings. The van der Waals surface area contributed by atoms with Gasteiger partial charge in [-0.25, -0.2) is 0 Å². The van der Waals surface area contributed by atoms with Crippen LogP contribution in [0.2, 0.25) is 0 Å². The fourth-order valence-corrected chi connectivity index (χ4v) is 2.29. The first-order chi connectivity index (χ1) is 9.50. The molecule has 1 aromatic rings. The maximum absolute atomic E-state index is 10.4. The van der Waals surface area contributed by atoms with Crippen LogP contribution in [0.25, 0.3) is 0 Å². The number of nitrogens with one attached hydrogen (secondary N) is 1. The summed E-state index contributed by atoms with van der Waals surface area (Å²) in [6, 6.07) is 4.08. The monoisotopic (exact) mass is 280 g/mol. The predicted octanol–water partition coefficient (Wildman–Crippen LogP) is 3.18. The van der Waals surface area contributed by atoms with Crippen LogP contribution in [0.1, 0.15) is 51.6 Å². The van der Waals surface area contributed by atoms with E-state index in [1.807, 2.05) is 18.3 Å². The summed E-state index contributed by atoms with van der Waals surface area (Å²) in [7, 11) is 1.63. The van der Waals surface area contributed by atoms with Crippen LogP contribution in [-0.4, -0.2) is 36.0 Å². The lowest BCUT2D eigenvalue weighted by atomic mass is 9.95. The lowest BCUT2D eigenvalue weighted by Gasteiger charge is -2.27. The number of aromatic nitrogens is 1. The highest BCUT2D eigenvalue weighted by atomic mass is 16.5. The van der Waals surface area contributed by atoms with E-state index in [0.29, 0.717) is 25.5 Å². The van der Waals surface area contributed by atoms with E-state index in [9.17, 15) is 5.11 Å². The zero-order valence-corrected chi connectivity index (χ0v) is 13.1. The Morgan fingerprint density at radius 2 is 2.10 bits per heavy atom. The number of hydrogen-bond acceptors (Lipinski definition) is 4. The summed E-state index contributed by atoms with van der Waals surface area (Å²) in [5.74, 6) is 0.445. The molecule has 1 unspecified atom stereocenters. The normalized spacial score (nSPS) is 14.3. The quantitative estimate of drug-likeness (QED) is 0.729. The van der Waals surface area contributed by atoms with Gasteiger partial charge < -0.3 is 15.2 Å². The van der Waals surface area contributed by atoms with Crippen molar-refractivity contribution in [3.63, 3.8) is 0 Å². The second-order valence-corrected chi connectivity index (χ2v) is 5.71. The third-order valence-corrected chi connectivity index (χ3v) is 3.43. The van der Waals surface area contributed by atoms with E-state index in [-0.39, 0.29) is 0 Å². The van der Waals surface area contributed by atoms with Gasteiger partial charge in [-0.1, -0.05) is 27.2 Å². The number of hydrogen-bond donors (Lipinski definition) is 2. The van der Waals surface area contributed by atoms with Gasteiger partial charge in [0.05, 0.1) is 24.1 Å². The van der Waals surface area contributed by atoms with Crippen LogP contribution in [0.5, 0.6) is 0 Å². The number of rotatable bonds is 9. The molecule has 4 heteroatoms. The summed E-state index contributed by atoms with van der Waals surface area (Å²) in [4.78, 5) is 4.42. The topological polar surface area (TPSA) is 54.4 Å². The molecule has 0 fully saturated rings. The zero-order chi connectivity index (χ0) is 15.0. The Bertz CT molecular complexity index is 371. The number of aliphatic hydroxyl groups is 1. The third kappa shape index (κ3) is 5.47. The molecule has 1 heterocycles. The van der Waals surface area contributed by atoms with Crippen molar-refractivity contribution in [3.8, 4) is 0 Å². The van der Waals surface area contributed by atoms with E-state index in [2.05, 4.69) is 31.1 Å². The second-order valence-electron chi connectivity index (χ2n) is 5.71. The summed E-state index contributed by atoms with van der Waals surface area (Å²) in [6.07, 6.45) is 4.22. The van der Waals surface area contributed by atoms with Crippen LogP contribution >= 0.6 is 0 Å². The van der Waals surface area contributed by atoms with Gasteiger partial charge >= 0.3 is 0 Å². The Morgan fingerprint density at radius 1 is 1.35 bits per heavy atom. The first-order valence-corrected chi connectivity index (χ1v) is 7.42. The number of ether oxygens (including phenoxy) is 1. The first-order valence-electron chi connectivity index (χ1n) is 7.42. The van der Waals surface area contributed by atoms with Crippen molar-refractivity contribution >= 4 is 5.69 Å². The highest BCUT2D eigenvalue weighted by molar-refractivity contribution is 5.41. The van der Waals surface area contributed by atoms with Crippen LogP contribution < -0.4 is 5.32 Å². The highest BCUT2D eigenvalue weighted by Gasteiger charge is 2.25. The van der Waals surface area contributed by atoms with Gasteiger partial charge in [-0.2, -0.15) is 0 Å². The average Bonchev–Trinajstić information content (AvgIpc) is 2.39. The minimum Gasteiger partial charge on any atom is -0.387 e. The van der Waals surface area contributed by atoms with Gasteiger partial charge in [0, 0.05) is 19.3 Å². The van der Waals surface area contributed by atoms with Crippen molar-refractivity contribution in [2.75, 3.05) is 25.6 Å². The van der Waals surface area contributed by atoms with E-state index >= 15 is 0 Å². The van der Waals surface area contributed by atoms with Gasteiger partial charge in [-0.05, 0) is 30.9 Å². The first kappa shape index (κ1) is 16.9. The fraction of sp³-hybridized carbons (Fsp3) is 0.688. The number of anilines is 1. The molecule has 1 atom stereocenters. The lowest BCUT2D eigenvalue weighted by Crippen LogP contribution is -2.36. The number of methoxy groups -OCH3 is 1. The lowest BCUT2D eigenvalue weighted by molar-refractivity contribution is -0.0410. The minimum atomic E-state index is -0.734. The summed E-state index contributed by atoms with van der Waals surface area (Å²) in [6.45, 7) is 7.42. The summed E-state index contributed by atoms with van der Waals surface area (Å²) in [5.41, 5.74) is 1.35. The van der Waals surface area contributed by atoms with E-state index < -0.39 is 5.60 Å². The Kier molecular flexibility index (Phi) is 6.96. The molecule has 0 aromatic carbocycles. The molecule has 0 saturated heterocycles. The summed E-state index contributed by atoms with van der Waals surface area (Å²) < 4.78 is 5.11. The predicted molar refractivity (Wildman–Crippen MR) is 83.2 cm³/mol. The highest BCUT2D eigenvalue weighted by Crippen LogP contribution is 2.19. The number of nitrogens with zero attached hydrogens (tertiary/aromatic N) is 1. The summed E-state index contributed by atoms with van der Waals surface area (Å²) in [5, 5.41) is 13.7. The fourth-order valence-electron chi connectivity index (χ4n) is 2.29. The smallest absolute Gasteiger partial charge is 0.0896 e. The van der Waals surface area contributed by atoms with Gasteiger partial charge in [-0.15, -0.1) is 0 Å². The van der Waals surface area contributed by atoms with Gasteiger partial charge in [0.2, 0.25) is 0 Å². The number of pyridine rings is 1. The molecule has 0 saturated carbocycles. The van der Waals surface area contributed by atoms with E-state index in [4.69, 9.17) is 4.74 Å².